The van der Waals surface area contributed by atoms with E-state index in [1.165, 1.54) is 17.5 Å². The highest BCUT2D eigenvalue weighted by Crippen LogP contribution is 2.35. The van der Waals surface area contributed by atoms with E-state index in [2.05, 4.69) is 6.07 Å². The molecule has 0 spiro atoms. The van der Waals surface area contributed by atoms with Crippen molar-refractivity contribution in [2.75, 3.05) is 13.2 Å². The van der Waals surface area contributed by atoms with Crippen molar-refractivity contribution in [3.63, 3.8) is 0 Å². The highest BCUT2D eigenvalue weighted by Gasteiger charge is 2.16. The summed E-state index contributed by atoms with van der Waals surface area (Å²) in [5, 5.41) is 0.786. The third-order valence-electron chi connectivity index (χ3n) is 2.55. The molecule has 0 atom stereocenters. The molecule has 2 rings (SSSR count). The molecule has 0 saturated heterocycles. The number of aryl methyl sites for hydroxylation is 1. The molecule has 0 saturated carbocycles. The van der Waals surface area contributed by atoms with Crippen LogP contribution in [0.3, 0.4) is 0 Å². The van der Waals surface area contributed by atoms with Crippen molar-refractivity contribution in [3.05, 3.63) is 28.3 Å². The van der Waals surface area contributed by atoms with Gasteiger partial charge in [0.15, 0.2) is 0 Å². The Hall–Kier alpha value is -0.730. The Morgan fingerprint density at radius 2 is 2.21 bits per heavy atom. The highest BCUT2D eigenvalue weighted by molar-refractivity contribution is 6.33. The molecule has 0 aliphatic heterocycles. The van der Waals surface area contributed by atoms with Gasteiger partial charge in [-0.15, -0.1) is 0 Å². The lowest BCUT2D eigenvalue weighted by atomic mass is 10.1. The van der Waals surface area contributed by atoms with Crippen LogP contribution in [0.4, 0.5) is 0 Å². The van der Waals surface area contributed by atoms with Gasteiger partial charge in [0.25, 0.3) is 0 Å². The fraction of sp³-hybridized carbons (Fsp3) is 0.455. The van der Waals surface area contributed by atoms with Gasteiger partial charge >= 0.3 is 0 Å². The van der Waals surface area contributed by atoms with Gasteiger partial charge in [-0.05, 0) is 36.5 Å². The van der Waals surface area contributed by atoms with Gasteiger partial charge in [-0.3, -0.25) is 0 Å². The average Bonchev–Trinajstić information content (AvgIpc) is 2.66. The van der Waals surface area contributed by atoms with Crippen molar-refractivity contribution in [2.24, 2.45) is 5.73 Å². The van der Waals surface area contributed by atoms with Crippen LogP contribution >= 0.6 is 11.6 Å². The van der Waals surface area contributed by atoms with Crippen LogP contribution in [0.2, 0.25) is 5.02 Å². The summed E-state index contributed by atoms with van der Waals surface area (Å²) >= 11 is 6.22. The van der Waals surface area contributed by atoms with Gasteiger partial charge in [-0.25, -0.2) is 0 Å². The summed E-state index contributed by atoms with van der Waals surface area (Å²) < 4.78 is 5.45. The van der Waals surface area contributed by atoms with Crippen LogP contribution < -0.4 is 10.5 Å². The third-order valence-corrected chi connectivity index (χ3v) is 2.97. The predicted molar refractivity (Wildman–Crippen MR) is 58.0 cm³/mol. The molecule has 0 heterocycles. The summed E-state index contributed by atoms with van der Waals surface area (Å²) in [5.74, 6) is 0.776. The smallest absolute Gasteiger partial charge is 0.138 e. The Labute approximate surface area is 89.0 Å². The lowest BCUT2D eigenvalue weighted by Crippen LogP contribution is -2.11. The highest BCUT2D eigenvalue weighted by atomic mass is 35.5. The number of nitrogens with two attached hydrogens (primary N) is 1. The monoisotopic (exact) mass is 211 g/mol. The number of rotatable bonds is 3. The molecule has 1 aliphatic carbocycles. The Morgan fingerprint density at radius 1 is 1.36 bits per heavy atom. The molecule has 2 N–H and O–H groups in total. The summed E-state index contributed by atoms with van der Waals surface area (Å²) in [4.78, 5) is 0. The number of hydrogen-bond acceptors (Lipinski definition) is 2. The minimum absolute atomic E-state index is 0.521. The van der Waals surface area contributed by atoms with Crippen LogP contribution in [0.25, 0.3) is 0 Å². The van der Waals surface area contributed by atoms with Gasteiger partial charge in [0.05, 0.1) is 5.02 Å². The number of ether oxygens (including phenoxy) is 1. The number of benzene rings is 1. The second-order valence-electron chi connectivity index (χ2n) is 3.51. The zero-order chi connectivity index (χ0) is 9.97. The fourth-order valence-electron chi connectivity index (χ4n) is 1.88. The van der Waals surface area contributed by atoms with Crippen LogP contribution in [0, 0.1) is 0 Å². The van der Waals surface area contributed by atoms with Crippen LogP contribution in [0.5, 0.6) is 5.75 Å². The zero-order valence-electron chi connectivity index (χ0n) is 8.05. The number of halogens is 1. The van der Waals surface area contributed by atoms with Gasteiger partial charge in [0.2, 0.25) is 0 Å². The van der Waals surface area contributed by atoms with Gasteiger partial charge < -0.3 is 10.5 Å². The molecular formula is C11H14ClNO. The van der Waals surface area contributed by atoms with Gasteiger partial charge in [-0.2, -0.15) is 0 Å². The second-order valence-corrected chi connectivity index (χ2v) is 3.88. The first-order valence-corrected chi connectivity index (χ1v) is 5.34. The first-order chi connectivity index (χ1) is 6.83. The summed E-state index contributed by atoms with van der Waals surface area (Å²) in [6.45, 7) is 1.05. The average molecular weight is 212 g/mol. The van der Waals surface area contributed by atoms with Crippen molar-refractivity contribution in [1.29, 1.82) is 0 Å². The Bertz CT molecular complexity index is 338. The van der Waals surface area contributed by atoms with E-state index >= 15 is 0 Å². The molecule has 0 unspecified atom stereocenters. The second kappa shape index (κ2) is 4.20. The molecule has 0 amide bonds. The van der Waals surface area contributed by atoms with Gasteiger partial charge in [-0.1, -0.05) is 17.7 Å². The summed E-state index contributed by atoms with van der Waals surface area (Å²) in [5.41, 5.74) is 8.01. The van der Waals surface area contributed by atoms with E-state index in [1.807, 2.05) is 6.07 Å². The topological polar surface area (TPSA) is 35.2 Å². The summed E-state index contributed by atoms with van der Waals surface area (Å²) in [6, 6.07) is 4.06. The van der Waals surface area contributed by atoms with Crippen LogP contribution in [0.1, 0.15) is 17.5 Å². The minimum atomic E-state index is 0.521. The third kappa shape index (κ3) is 1.72. The molecule has 0 bridgehead atoms. The van der Waals surface area contributed by atoms with E-state index in [-0.39, 0.29) is 0 Å². The van der Waals surface area contributed by atoms with E-state index in [1.54, 1.807) is 0 Å². The van der Waals surface area contributed by atoms with Crippen molar-refractivity contribution in [3.8, 4) is 5.75 Å². The van der Waals surface area contributed by atoms with E-state index in [9.17, 15) is 0 Å². The first kappa shape index (κ1) is 9.81. The van der Waals surface area contributed by atoms with E-state index in [0.717, 1.165) is 23.6 Å². The van der Waals surface area contributed by atoms with E-state index in [0.29, 0.717) is 13.2 Å². The fourth-order valence-corrected chi connectivity index (χ4v) is 2.21. The maximum atomic E-state index is 6.22. The molecule has 1 aliphatic rings. The standard InChI is InChI=1S/C11H14ClNO/c12-11-9-3-1-2-8(9)4-5-10(11)14-7-6-13/h4-5H,1-3,6-7,13H2. The molecular weight excluding hydrogens is 198 g/mol. The summed E-state index contributed by atoms with van der Waals surface area (Å²) in [6.07, 6.45) is 3.43. The first-order valence-electron chi connectivity index (χ1n) is 4.96. The van der Waals surface area contributed by atoms with E-state index in [4.69, 9.17) is 22.1 Å². The van der Waals surface area contributed by atoms with Gasteiger partial charge in [0, 0.05) is 6.54 Å². The molecule has 0 radical (unpaired) electrons. The molecule has 2 nitrogen and oxygen atoms in total. The maximum absolute atomic E-state index is 6.22. The normalized spacial score (nSPS) is 14.1. The molecule has 14 heavy (non-hydrogen) atoms. The van der Waals surface area contributed by atoms with Crippen LogP contribution in [-0.4, -0.2) is 13.2 Å². The van der Waals surface area contributed by atoms with Crippen LogP contribution in [-0.2, 0) is 12.8 Å². The maximum Gasteiger partial charge on any atom is 0.138 e. The predicted octanol–water partition coefficient (Wildman–Crippen LogP) is 2.17. The lowest BCUT2D eigenvalue weighted by Gasteiger charge is -2.10. The minimum Gasteiger partial charge on any atom is -0.491 e. The molecule has 76 valence electrons. The zero-order valence-corrected chi connectivity index (χ0v) is 8.81. The molecule has 1 aromatic rings. The number of fused-ring (bicyclic) bond motifs is 1. The molecule has 1 aromatic carbocycles. The number of hydrogen-bond donors (Lipinski definition) is 1. The van der Waals surface area contributed by atoms with Gasteiger partial charge in [0.1, 0.15) is 12.4 Å². The quantitative estimate of drug-likeness (QED) is 0.832. The molecule has 0 fully saturated rings. The molecule has 3 heteroatoms. The van der Waals surface area contributed by atoms with Crippen LogP contribution in [0.15, 0.2) is 12.1 Å². The van der Waals surface area contributed by atoms with Crippen molar-refractivity contribution in [1.82, 2.24) is 0 Å². The molecule has 0 aromatic heterocycles. The lowest BCUT2D eigenvalue weighted by molar-refractivity contribution is 0.328. The van der Waals surface area contributed by atoms with Crippen molar-refractivity contribution >= 4 is 11.6 Å². The Morgan fingerprint density at radius 3 is 3.00 bits per heavy atom. The Kier molecular flexibility index (Phi) is 2.94. The SMILES string of the molecule is NCCOc1ccc2c(c1Cl)CCC2. The van der Waals surface area contributed by atoms with E-state index < -0.39 is 0 Å². The van der Waals surface area contributed by atoms with Crippen molar-refractivity contribution in [2.45, 2.75) is 19.3 Å². The van der Waals surface area contributed by atoms with Crippen molar-refractivity contribution < 1.29 is 4.74 Å². The largest absolute Gasteiger partial charge is 0.491 e. The Balaban J connectivity index is 2.26. The summed E-state index contributed by atoms with van der Waals surface area (Å²) in [7, 11) is 0.